The van der Waals surface area contributed by atoms with Crippen LogP contribution in [0.1, 0.15) is 52.0 Å². The van der Waals surface area contributed by atoms with Crippen molar-refractivity contribution in [1.82, 2.24) is 0 Å². The van der Waals surface area contributed by atoms with Crippen LogP contribution in [0.15, 0.2) is 9.85 Å². The molecule has 0 unspecified atom stereocenters. The van der Waals surface area contributed by atoms with Gasteiger partial charge in [0.25, 0.3) is 0 Å². The Hall–Kier alpha value is 0.180. The summed E-state index contributed by atoms with van der Waals surface area (Å²) < 4.78 is 1.27. The molecule has 1 radical (unpaired) electrons. The molecule has 0 nitrogen and oxygen atoms in total. The molecule has 0 saturated carbocycles. The van der Waals surface area contributed by atoms with Crippen molar-refractivity contribution in [2.24, 2.45) is 11.8 Å². The summed E-state index contributed by atoms with van der Waals surface area (Å²) >= 11 is 5.24. The van der Waals surface area contributed by atoms with Gasteiger partial charge in [-0.15, -0.1) is 11.3 Å². The van der Waals surface area contributed by atoms with Gasteiger partial charge in [0, 0.05) is 5.38 Å². The first kappa shape index (κ1) is 14.2. The molecular formula is C14H22BrS. The molecule has 2 heteroatoms. The Labute approximate surface area is 113 Å². The van der Waals surface area contributed by atoms with Gasteiger partial charge in [-0.25, -0.2) is 0 Å². The van der Waals surface area contributed by atoms with Crippen molar-refractivity contribution in [2.45, 2.75) is 52.9 Å². The van der Waals surface area contributed by atoms with Crippen molar-refractivity contribution < 1.29 is 0 Å². The second kappa shape index (κ2) is 7.50. The molecule has 16 heavy (non-hydrogen) atoms. The average Bonchev–Trinajstić information content (AvgIpc) is 2.60. The van der Waals surface area contributed by atoms with Crippen LogP contribution < -0.4 is 0 Å². The fourth-order valence-corrected chi connectivity index (χ4v) is 3.06. The predicted molar refractivity (Wildman–Crippen MR) is 77.0 cm³/mol. The van der Waals surface area contributed by atoms with E-state index in [9.17, 15) is 0 Å². The van der Waals surface area contributed by atoms with Crippen LogP contribution in [-0.2, 0) is 6.42 Å². The fraction of sp³-hybridized carbons (Fsp3) is 0.714. The van der Waals surface area contributed by atoms with Crippen LogP contribution in [-0.4, -0.2) is 0 Å². The molecule has 0 spiro atoms. The Bertz CT molecular complexity index is 291. The van der Waals surface area contributed by atoms with E-state index >= 15 is 0 Å². The molecule has 0 bridgehead atoms. The molecule has 1 atom stereocenters. The van der Waals surface area contributed by atoms with Gasteiger partial charge in [0.1, 0.15) is 0 Å². The summed E-state index contributed by atoms with van der Waals surface area (Å²) in [5.41, 5.74) is 1.43. The Morgan fingerprint density at radius 1 is 1.25 bits per heavy atom. The molecule has 0 aliphatic heterocycles. The molecule has 0 aliphatic carbocycles. The van der Waals surface area contributed by atoms with Crippen molar-refractivity contribution in [3.05, 3.63) is 20.8 Å². The second-order valence-electron chi connectivity index (χ2n) is 5.13. The van der Waals surface area contributed by atoms with Gasteiger partial charge in [-0.3, -0.25) is 0 Å². The molecule has 1 aromatic heterocycles. The first-order valence-electron chi connectivity index (χ1n) is 6.23. The fourth-order valence-electron chi connectivity index (χ4n) is 1.87. The molecule has 0 aromatic carbocycles. The maximum atomic E-state index is 3.58. The maximum Gasteiger partial charge on any atom is 0.0737 e. The lowest BCUT2D eigenvalue weighted by atomic mass is 9.95. The van der Waals surface area contributed by atoms with Crippen molar-refractivity contribution in [1.29, 1.82) is 0 Å². The van der Waals surface area contributed by atoms with Gasteiger partial charge >= 0.3 is 0 Å². The normalized spacial score (nSPS) is 13.3. The van der Waals surface area contributed by atoms with Gasteiger partial charge in [0.05, 0.1) is 3.79 Å². The number of rotatable bonds is 7. The van der Waals surface area contributed by atoms with Gasteiger partial charge in [0.2, 0.25) is 0 Å². The smallest absolute Gasteiger partial charge is 0.0737 e. The van der Waals surface area contributed by atoms with E-state index in [1.807, 2.05) is 0 Å². The van der Waals surface area contributed by atoms with Crippen molar-refractivity contribution >= 4 is 27.3 Å². The van der Waals surface area contributed by atoms with E-state index in [0.717, 1.165) is 11.8 Å². The minimum Gasteiger partial charge on any atom is -0.127 e. The molecule has 0 saturated heterocycles. The number of hydrogen-bond donors (Lipinski definition) is 0. The third-order valence-electron chi connectivity index (χ3n) is 3.02. The SMILES string of the molecule is CC(C)CCC[C@H](C)CCc1c[c]sc1Br. The zero-order valence-corrected chi connectivity index (χ0v) is 13.0. The monoisotopic (exact) mass is 301 g/mol. The maximum absolute atomic E-state index is 3.58. The molecule has 0 N–H and O–H groups in total. The van der Waals surface area contributed by atoms with Gasteiger partial charge < -0.3 is 0 Å². The van der Waals surface area contributed by atoms with Crippen LogP contribution in [0.25, 0.3) is 0 Å². The van der Waals surface area contributed by atoms with Crippen LogP contribution in [0.3, 0.4) is 0 Å². The summed E-state index contributed by atoms with van der Waals surface area (Å²) in [6.07, 6.45) is 6.64. The van der Waals surface area contributed by atoms with Crippen molar-refractivity contribution in [2.75, 3.05) is 0 Å². The Morgan fingerprint density at radius 3 is 2.56 bits per heavy atom. The summed E-state index contributed by atoms with van der Waals surface area (Å²) in [5, 5.41) is 3.17. The molecule has 0 fully saturated rings. The van der Waals surface area contributed by atoms with Gasteiger partial charge in [0.15, 0.2) is 0 Å². The summed E-state index contributed by atoms with van der Waals surface area (Å²) in [7, 11) is 0. The summed E-state index contributed by atoms with van der Waals surface area (Å²) in [5.74, 6) is 1.71. The van der Waals surface area contributed by atoms with Gasteiger partial charge in [-0.05, 0) is 52.2 Å². The number of hydrogen-bond acceptors (Lipinski definition) is 1. The highest BCUT2D eigenvalue weighted by molar-refractivity contribution is 9.11. The third kappa shape index (κ3) is 5.49. The van der Waals surface area contributed by atoms with Crippen LogP contribution in [0, 0.1) is 17.2 Å². The van der Waals surface area contributed by atoms with E-state index in [0.29, 0.717) is 0 Å². The molecule has 91 valence electrons. The highest BCUT2D eigenvalue weighted by Gasteiger charge is 2.06. The standard InChI is InChI=1S/C14H22BrS/c1-11(2)5-4-6-12(3)7-8-13-9-10-16-14(13)15/h9,11-12H,4-8H2,1-3H3/t12-/m0/s1. The largest absolute Gasteiger partial charge is 0.127 e. The zero-order chi connectivity index (χ0) is 12.0. The van der Waals surface area contributed by atoms with Crippen molar-refractivity contribution in [3.63, 3.8) is 0 Å². The average molecular weight is 302 g/mol. The molecule has 0 amide bonds. The summed E-state index contributed by atoms with van der Waals surface area (Å²) in [6, 6.07) is 2.12. The minimum absolute atomic E-state index is 0.852. The highest BCUT2D eigenvalue weighted by Crippen LogP contribution is 2.26. The summed E-state index contributed by atoms with van der Waals surface area (Å²) in [4.78, 5) is 0. The van der Waals surface area contributed by atoms with E-state index in [4.69, 9.17) is 0 Å². The Balaban J connectivity index is 2.15. The highest BCUT2D eigenvalue weighted by atomic mass is 79.9. The van der Waals surface area contributed by atoms with E-state index in [-0.39, 0.29) is 0 Å². The molecular weight excluding hydrogens is 280 g/mol. The second-order valence-corrected chi connectivity index (χ2v) is 7.30. The van der Waals surface area contributed by atoms with E-state index in [1.165, 1.54) is 41.5 Å². The quantitative estimate of drug-likeness (QED) is 0.605. The third-order valence-corrected chi connectivity index (χ3v) is 4.69. The first-order chi connectivity index (χ1) is 7.59. The Morgan fingerprint density at radius 2 is 2.00 bits per heavy atom. The lowest BCUT2D eigenvalue weighted by molar-refractivity contribution is 0.437. The molecule has 0 aliphatic rings. The lowest BCUT2D eigenvalue weighted by Crippen LogP contribution is -1.98. The molecule has 1 heterocycles. The molecule has 1 rings (SSSR count). The predicted octanol–water partition coefficient (Wildman–Crippen LogP) is 5.71. The zero-order valence-electron chi connectivity index (χ0n) is 10.6. The molecule has 1 aromatic rings. The topological polar surface area (TPSA) is 0 Å². The van der Waals surface area contributed by atoms with E-state index < -0.39 is 0 Å². The van der Waals surface area contributed by atoms with Crippen LogP contribution >= 0.6 is 27.3 Å². The van der Waals surface area contributed by atoms with E-state index in [1.54, 1.807) is 11.3 Å². The van der Waals surface area contributed by atoms with Gasteiger partial charge in [-0.1, -0.05) is 40.0 Å². The van der Waals surface area contributed by atoms with E-state index in [2.05, 4.69) is 48.1 Å². The lowest BCUT2D eigenvalue weighted by Gasteiger charge is -2.11. The van der Waals surface area contributed by atoms with Crippen LogP contribution in [0.2, 0.25) is 0 Å². The number of thiophene rings is 1. The van der Waals surface area contributed by atoms with Crippen LogP contribution in [0.4, 0.5) is 0 Å². The summed E-state index contributed by atoms with van der Waals surface area (Å²) in [6.45, 7) is 7.00. The van der Waals surface area contributed by atoms with Gasteiger partial charge in [-0.2, -0.15) is 0 Å². The van der Waals surface area contributed by atoms with Crippen molar-refractivity contribution in [3.8, 4) is 0 Å². The number of halogens is 1. The van der Waals surface area contributed by atoms with Crippen LogP contribution in [0.5, 0.6) is 0 Å². The Kier molecular flexibility index (Phi) is 6.67. The minimum atomic E-state index is 0.852. The first-order valence-corrected chi connectivity index (χ1v) is 7.84. The number of aryl methyl sites for hydroxylation is 1.